The second kappa shape index (κ2) is 6.67. The van der Waals surface area contributed by atoms with Crippen LogP contribution in [0.2, 0.25) is 5.02 Å². The number of benzene rings is 1. The van der Waals surface area contributed by atoms with Crippen LogP contribution in [0.15, 0.2) is 17.1 Å². The Kier molecular flexibility index (Phi) is 4.90. The Balaban J connectivity index is 2.32. The molecule has 7 heteroatoms. The fourth-order valence-electron chi connectivity index (χ4n) is 2.08. The highest BCUT2D eigenvalue weighted by Gasteiger charge is 2.32. The molecule has 0 radical (unpaired) electrons. The number of amides is 1. The number of hydrogen-bond donors (Lipinski definition) is 2. The fraction of sp³-hybridized carbons (Fsp3) is 0.429. The molecule has 0 spiro atoms. The zero-order valence-corrected chi connectivity index (χ0v) is 13.0. The number of nitrogens with zero attached hydrogens (tertiary/aromatic N) is 1. The Hall–Kier alpha value is -1.95. The van der Waals surface area contributed by atoms with Gasteiger partial charge in [0.05, 0.1) is 19.2 Å². The number of methoxy groups -OCH3 is 2. The summed E-state index contributed by atoms with van der Waals surface area (Å²) in [6.07, 6.45) is 0.906. The van der Waals surface area contributed by atoms with Gasteiger partial charge in [-0.15, -0.1) is 0 Å². The van der Waals surface area contributed by atoms with Crippen molar-refractivity contribution in [3.05, 3.63) is 22.7 Å². The van der Waals surface area contributed by atoms with E-state index in [1.165, 1.54) is 14.2 Å². The van der Waals surface area contributed by atoms with E-state index in [0.29, 0.717) is 34.6 Å². The van der Waals surface area contributed by atoms with Gasteiger partial charge >= 0.3 is 0 Å². The first-order valence-electron chi connectivity index (χ1n) is 6.64. The summed E-state index contributed by atoms with van der Waals surface area (Å²) in [4.78, 5) is 16.3. The lowest BCUT2D eigenvalue weighted by Gasteiger charge is -2.15. The molecule has 114 valence electrons. The van der Waals surface area contributed by atoms with E-state index in [1.807, 2.05) is 6.92 Å². The molecule has 1 aromatic rings. The van der Waals surface area contributed by atoms with Crippen LogP contribution >= 0.6 is 11.6 Å². The smallest absolute Gasteiger partial charge is 0.253 e. The Morgan fingerprint density at radius 2 is 2.10 bits per heavy atom. The van der Waals surface area contributed by atoms with Crippen molar-refractivity contribution < 1.29 is 14.3 Å². The van der Waals surface area contributed by atoms with Gasteiger partial charge in [0.2, 0.25) is 0 Å². The molecule has 1 atom stereocenters. The number of carbonyl (C=O) groups excluding carboxylic acids is 1. The topological polar surface area (TPSA) is 72.0 Å². The van der Waals surface area contributed by atoms with Crippen molar-refractivity contribution >= 4 is 23.5 Å². The molecule has 0 aromatic heterocycles. The standard InChI is InChI=1S/C14H18ClN3O3/c1-4-7-16-14-17-11(13(19)18-14)8-5-6-9(20-2)12(21-3)10(8)15/h5-6,11H,4,7H2,1-3H3,(H2,16,17,18,19). The predicted octanol–water partition coefficient (Wildman–Crippen LogP) is 1.88. The number of guanidine groups is 1. The van der Waals surface area contributed by atoms with Crippen LogP contribution in [0.5, 0.6) is 11.5 Å². The van der Waals surface area contributed by atoms with Gasteiger partial charge in [0.1, 0.15) is 6.04 Å². The molecule has 1 unspecified atom stereocenters. The highest BCUT2D eigenvalue weighted by atomic mass is 35.5. The minimum atomic E-state index is -0.590. The first-order chi connectivity index (χ1) is 10.1. The average molecular weight is 312 g/mol. The summed E-state index contributed by atoms with van der Waals surface area (Å²) in [5.41, 5.74) is 0.619. The Morgan fingerprint density at radius 1 is 1.33 bits per heavy atom. The predicted molar refractivity (Wildman–Crippen MR) is 81.2 cm³/mol. The molecule has 1 amide bonds. The number of hydrogen-bond acceptors (Lipinski definition) is 4. The van der Waals surface area contributed by atoms with Gasteiger partial charge < -0.3 is 14.8 Å². The van der Waals surface area contributed by atoms with Gasteiger partial charge in [-0.1, -0.05) is 24.6 Å². The van der Waals surface area contributed by atoms with Crippen LogP contribution in [0.1, 0.15) is 24.9 Å². The molecule has 1 fully saturated rings. The van der Waals surface area contributed by atoms with Crippen molar-refractivity contribution in [1.82, 2.24) is 10.6 Å². The second-order valence-electron chi connectivity index (χ2n) is 4.50. The third kappa shape index (κ3) is 3.05. The van der Waals surface area contributed by atoms with Gasteiger partial charge in [-0.3, -0.25) is 15.1 Å². The van der Waals surface area contributed by atoms with Crippen LogP contribution in [0.4, 0.5) is 0 Å². The van der Waals surface area contributed by atoms with E-state index in [-0.39, 0.29) is 5.91 Å². The molecule has 1 aliphatic rings. The van der Waals surface area contributed by atoms with Crippen LogP contribution in [0.3, 0.4) is 0 Å². The van der Waals surface area contributed by atoms with Crippen molar-refractivity contribution in [3.8, 4) is 11.5 Å². The second-order valence-corrected chi connectivity index (χ2v) is 4.88. The Bertz CT molecular complexity index is 575. The zero-order valence-electron chi connectivity index (χ0n) is 12.2. The third-order valence-corrected chi connectivity index (χ3v) is 3.49. The maximum Gasteiger partial charge on any atom is 0.253 e. The molecule has 1 aromatic carbocycles. The number of ether oxygens (including phenoxy) is 2. The summed E-state index contributed by atoms with van der Waals surface area (Å²) in [6, 6.07) is 2.87. The summed E-state index contributed by atoms with van der Waals surface area (Å²) in [6.45, 7) is 2.67. The average Bonchev–Trinajstić information content (AvgIpc) is 2.85. The van der Waals surface area contributed by atoms with Gasteiger partial charge in [-0.25, -0.2) is 0 Å². The summed E-state index contributed by atoms with van der Waals surface area (Å²) in [5.74, 6) is 1.20. The SMILES string of the molecule is CCCN=C1NC(=O)C(c2ccc(OC)c(OC)c2Cl)N1. The molecule has 1 saturated heterocycles. The molecule has 6 nitrogen and oxygen atoms in total. The largest absolute Gasteiger partial charge is 0.493 e. The highest BCUT2D eigenvalue weighted by Crippen LogP contribution is 2.40. The van der Waals surface area contributed by atoms with Gasteiger partial charge in [0.25, 0.3) is 5.91 Å². The molecule has 2 N–H and O–H groups in total. The first kappa shape index (κ1) is 15.4. The van der Waals surface area contributed by atoms with E-state index in [0.717, 1.165) is 6.42 Å². The van der Waals surface area contributed by atoms with Gasteiger partial charge in [-0.05, 0) is 12.5 Å². The minimum absolute atomic E-state index is 0.195. The number of halogens is 1. The summed E-state index contributed by atoms with van der Waals surface area (Å²) < 4.78 is 10.4. The number of aliphatic imine (C=N–C) groups is 1. The summed E-state index contributed by atoms with van der Waals surface area (Å²) in [7, 11) is 3.04. The van der Waals surface area contributed by atoms with E-state index >= 15 is 0 Å². The van der Waals surface area contributed by atoms with Crippen molar-refractivity contribution in [3.63, 3.8) is 0 Å². The van der Waals surface area contributed by atoms with E-state index in [2.05, 4.69) is 15.6 Å². The molecule has 0 saturated carbocycles. The minimum Gasteiger partial charge on any atom is -0.493 e. The van der Waals surface area contributed by atoms with Crippen LogP contribution in [-0.4, -0.2) is 32.6 Å². The molecule has 0 bridgehead atoms. The van der Waals surface area contributed by atoms with Crippen molar-refractivity contribution in [2.24, 2.45) is 4.99 Å². The molecule has 1 aliphatic heterocycles. The van der Waals surface area contributed by atoms with Gasteiger partial charge in [0, 0.05) is 12.1 Å². The van der Waals surface area contributed by atoms with Crippen molar-refractivity contribution in [1.29, 1.82) is 0 Å². The maximum atomic E-state index is 12.1. The van der Waals surface area contributed by atoms with Crippen LogP contribution in [0, 0.1) is 0 Å². The van der Waals surface area contributed by atoms with E-state index < -0.39 is 6.04 Å². The number of nitrogens with one attached hydrogen (secondary N) is 2. The lowest BCUT2D eigenvalue weighted by atomic mass is 10.1. The number of rotatable bonds is 5. The summed E-state index contributed by atoms with van der Waals surface area (Å²) in [5, 5.41) is 6.08. The molecule has 1 heterocycles. The fourth-order valence-corrected chi connectivity index (χ4v) is 2.42. The van der Waals surface area contributed by atoms with Gasteiger partial charge in [-0.2, -0.15) is 0 Å². The first-order valence-corrected chi connectivity index (χ1v) is 7.02. The monoisotopic (exact) mass is 311 g/mol. The normalized spacial score (nSPS) is 19.3. The van der Waals surface area contributed by atoms with Crippen molar-refractivity contribution in [2.75, 3.05) is 20.8 Å². The Labute approximate surface area is 128 Å². The van der Waals surface area contributed by atoms with Gasteiger partial charge in [0.15, 0.2) is 17.5 Å². The van der Waals surface area contributed by atoms with E-state index in [9.17, 15) is 4.79 Å². The zero-order chi connectivity index (χ0) is 15.4. The molecule has 2 rings (SSSR count). The maximum absolute atomic E-state index is 12.1. The van der Waals surface area contributed by atoms with E-state index in [4.69, 9.17) is 21.1 Å². The molecule has 0 aliphatic carbocycles. The molecular formula is C14H18ClN3O3. The molecular weight excluding hydrogens is 294 g/mol. The van der Waals surface area contributed by atoms with Crippen LogP contribution in [0.25, 0.3) is 0 Å². The Morgan fingerprint density at radius 3 is 2.71 bits per heavy atom. The lowest BCUT2D eigenvalue weighted by Crippen LogP contribution is -2.25. The lowest BCUT2D eigenvalue weighted by molar-refractivity contribution is -0.120. The molecule has 21 heavy (non-hydrogen) atoms. The third-order valence-electron chi connectivity index (χ3n) is 3.10. The summed E-state index contributed by atoms with van der Waals surface area (Å²) >= 11 is 6.33. The van der Waals surface area contributed by atoms with Crippen molar-refractivity contribution in [2.45, 2.75) is 19.4 Å². The quantitative estimate of drug-likeness (QED) is 0.871. The highest BCUT2D eigenvalue weighted by molar-refractivity contribution is 6.33. The van der Waals surface area contributed by atoms with E-state index in [1.54, 1.807) is 12.1 Å². The van der Waals surface area contributed by atoms with Crippen LogP contribution in [-0.2, 0) is 4.79 Å². The number of carbonyl (C=O) groups is 1. The van der Waals surface area contributed by atoms with Crippen LogP contribution < -0.4 is 20.1 Å².